The third-order valence-corrected chi connectivity index (χ3v) is 5.94. The second-order valence-electron chi connectivity index (χ2n) is 6.17. The predicted octanol–water partition coefficient (Wildman–Crippen LogP) is 4.00. The molecule has 1 heterocycles. The molecule has 1 aliphatic rings. The topological polar surface area (TPSA) is 104 Å². The molecular formula is C20H14Cl2N2O5S. The minimum Gasteiger partial charge on any atom is -0.478 e. The summed E-state index contributed by atoms with van der Waals surface area (Å²) in [6.07, 6.45) is 1.65. The summed E-state index contributed by atoms with van der Waals surface area (Å²) in [5.41, 5.74) is 0.784. The van der Waals surface area contributed by atoms with Gasteiger partial charge in [-0.05, 0) is 36.4 Å². The van der Waals surface area contributed by atoms with Gasteiger partial charge in [-0.15, -0.1) is 11.8 Å². The zero-order valence-electron chi connectivity index (χ0n) is 15.2. The van der Waals surface area contributed by atoms with Crippen LogP contribution in [0.4, 0.5) is 11.4 Å². The molecule has 0 aromatic heterocycles. The number of carbonyl (C=O) groups is 4. The Hall–Kier alpha value is -2.81. The molecule has 1 saturated heterocycles. The van der Waals surface area contributed by atoms with Crippen molar-refractivity contribution in [3.63, 3.8) is 0 Å². The van der Waals surface area contributed by atoms with Gasteiger partial charge in [0.25, 0.3) is 0 Å². The Morgan fingerprint density at radius 2 is 1.87 bits per heavy atom. The van der Waals surface area contributed by atoms with E-state index in [4.69, 9.17) is 28.3 Å². The lowest BCUT2D eigenvalue weighted by Gasteiger charge is -2.15. The summed E-state index contributed by atoms with van der Waals surface area (Å²) in [5.74, 6) is -2.55. The van der Waals surface area contributed by atoms with Crippen molar-refractivity contribution >= 4 is 70.0 Å². The SMILES string of the molecule is O=C(O)C=CC(=O)Nc1cccc(SC2CC(=O)N(c3ccc(Cl)c(Cl)c3)C2=O)c1. The average molecular weight is 465 g/mol. The van der Waals surface area contributed by atoms with E-state index >= 15 is 0 Å². The van der Waals surface area contributed by atoms with Gasteiger partial charge in [0.05, 0.1) is 21.0 Å². The molecule has 0 bridgehead atoms. The maximum atomic E-state index is 12.8. The van der Waals surface area contributed by atoms with E-state index < -0.39 is 17.1 Å². The maximum absolute atomic E-state index is 12.8. The molecule has 1 fully saturated rings. The molecular weight excluding hydrogens is 451 g/mol. The number of rotatable bonds is 6. The van der Waals surface area contributed by atoms with E-state index in [9.17, 15) is 19.2 Å². The molecule has 154 valence electrons. The molecule has 3 rings (SSSR count). The van der Waals surface area contributed by atoms with Crippen molar-refractivity contribution in [1.29, 1.82) is 0 Å². The number of hydrogen-bond donors (Lipinski definition) is 2. The first-order valence-electron chi connectivity index (χ1n) is 8.55. The molecule has 2 aromatic carbocycles. The minimum atomic E-state index is -1.23. The van der Waals surface area contributed by atoms with Crippen molar-refractivity contribution < 1.29 is 24.3 Å². The first kappa shape index (κ1) is 21.9. The highest BCUT2D eigenvalue weighted by molar-refractivity contribution is 8.00. The summed E-state index contributed by atoms with van der Waals surface area (Å²) in [4.78, 5) is 49.2. The number of nitrogens with one attached hydrogen (secondary N) is 1. The summed E-state index contributed by atoms with van der Waals surface area (Å²) >= 11 is 13.1. The number of carbonyl (C=O) groups excluding carboxylic acids is 3. The first-order valence-corrected chi connectivity index (χ1v) is 10.2. The van der Waals surface area contributed by atoms with Crippen molar-refractivity contribution in [3.8, 4) is 0 Å². The van der Waals surface area contributed by atoms with Gasteiger partial charge in [0, 0.05) is 29.2 Å². The van der Waals surface area contributed by atoms with Gasteiger partial charge in [0.1, 0.15) is 0 Å². The number of thioether (sulfide) groups is 1. The predicted molar refractivity (Wildman–Crippen MR) is 115 cm³/mol. The average Bonchev–Trinajstić information content (AvgIpc) is 2.96. The molecule has 0 aliphatic carbocycles. The summed E-state index contributed by atoms with van der Waals surface area (Å²) in [6, 6.07) is 11.2. The number of carboxylic acid groups (broad SMARTS) is 1. The summed E-state index contributed by atoms with van der Waals surface area (Å²) in [6.45, 7) is 0. The molecule has 1 aliphatic heterocycles. The van der Waals surface area contributed by atoms with E-state index in [1.54, 1.807) is 30.3 Å². The molecule has 0 saturated carbocycles. The highest BCUT2D eigenvalue weighted by atomic mass is 35.5. The van der Waals surface area contributed by atoms with E-state index in [2.05, 4.69) is 5.32 Å². The maximum Gasteiger partial charge on any atom is 0.328 e. The third-order valence-electron chi connectivity index (χ3n) is 4.02. The van der Waals surface area contributed by atoms with Crippen molar-refractivity contribution in [2.45, 2.75) is 16.6 Å². The fourth-order valence-electron chi connectivity index (χ4n) is 2.73. The molecule has 10 heteroatoms. The number of amides is 3. The van der Waals surface area contributed by atoms with Gasteiger partial charge >= 0.3 is 5.97 Å². The number of anilines is 2. The number of aliphatic carboxylic acids is 1. The van der Waals surface area contributed by atoms with Crippen LogP contribution in [0.15, 0.2) is 59.5 Å². The first-order chi connectivity index (χ1) is 14.2. The third kappa shape index (κ3) is 5.21. The van der Waals surface area contributed by atoms with Gasteiger partial charge in [0.2, 0.25) is 17.7 Å². The molecule has 0 radical (unpaired) electrons. The van der Waals surface area contributed by atoms with Crippen LogP contribution in [-0.2, 0) is 19.2 Å². The summed E-state index contributed by atoms with van der Waals surface area (Å²) in [5, 5.41) is 11.0. The number of hydrogen-bond acceptors (Lipinski definition) is 5. The number of nitrogens with zero attached hydrogens (tertiary/aromatic N) is 1. The van der Waals surface area contributed by atoms with E-state index in [-0.39, 0.29) is 23.3 Å². The summed E-state index contributed by atoms with van der Waals surface area (Å²) < 4.78 is 0. The van der Waals surface area contributed by atoms with Gasteiger partial charge < -0.3 is 10.4 Å². The van der Waals surface area contributed by atoms with Gasteiger partial charge in [-0.2, -0.15) is 0 Å². The van der Waals surface area contributed by atoms with Gasteiger partial charge in [-0.1, -0.05) is 29.3 Å². The van der Waals surface area contributed by atoms with Gasteiger partial charge in [0.15, 0.2) is 0 Å². The Morgan fingerprint density at radius 3 is 2.57 bits per heavy atom. The van der Waals surface area contributed by atoms with Crippen molar-refractivity contribution in [2.24, 2.45) is 0 Å². The fraction of sp³-hybridized carbons (Fsp3) is 0.100. The normalized spacial score (nSPS) is 16.3. The van der Waals surface area contributed by atoms with Crippen molar-refractivity contribution in [1.82, 2.24) is 0 Å². The Balaban J connectivity index is 1.71. The van der Waals surface area contributed by atoms with E-state index in [1.165, 1.54) is 23.9 Å². The molecule has 1 atom stereocenters. The zero-order chi connectivity index (χ0) is 21.8. The smallest absolute Gasteiger partial charge is 0.328 e. The molecule has 30 heavy (non-hydrogen) atoms. The Labute approximate surface area is 185 Å². The summed E-state index contributed by atoms with van der Waals surface area (Å²) in [7, 11) is 0. The quantitative estimate of drug-likeness (QED) is 0.494. The molecule has 1 unspecified atom stereocenters. The Morgan fingerprint density at radius 1 is 1.10 bits per heavy atom. The zero-order valence-corrected chi connectivity index (χ0v) is 17.5. The van der Waals surface area contributed by atoms with Gasteiger partial charge in [-0.3, -0.25) is 14.4 Å². The highest BCUT2D eigenvalue weighted by Gasteiger charge is 2.40. The van der Waals surface area contributed by atoms with Crippen LogP contribution in [0.5, 0.6) is 0 Å². The van der Waals surface area contributed by atoms with E-state index in [1.807, 2.05) is 0 Å². The standard InChI is InChI=1S/C20H14Cl2N2O5S/c21-14-5-4-12(9-15(14)22)24-18(26)10-16(20(24)29)30-13-3-1-2-11(8-13)23-17(25)6-7-19(27)28/h1-9,16H,10H2,(H,23,25)(H,27,28). The molecule has 2 N–H and O–H groups in total. The number of carboxylic acids is 1. The highest BCUT2D eigenvalue weighted by Crippen LogP contribution is 2.36. The van der Waals surface area contributed by atoms with Crippen molar-refractivity contribution in [2.75, 3.05) is 10.2 Å². The number of halogens is 2. The minimum absolute atomic E-state index is 0.0156. The Bertz CT molecular complexity index is 1070. The largest absolute Gasteiger partial charge is 0.478 e. The van der Waals surface area contributed by atoms with Crippen LogP contribution >= 0.6 is 35.0 Å². The van der Waals surface area contributed by atoms with Crippen LogP contribution in [0, 0.1) is 0 Å². The monoisotopic (exact) mass is 464 g/mol. The van der Waals surface area contributed by atoms with Gasteiger partial charge in [-0.25, -0.2) is 9.69 Å². The van der Waals surface area contributed by atoms with Crippen molar-refractivity contribution in [3.05, 3.63) is 64.7 Å². The fourth-order valence-corrected chi connectivity index (χ4v) is 4.14. The molecule has 7 nitrogen and oxygen atoms in total. The van der Waals surface area contributed by atoms with Crippen LogP contribution in [0.2, 0.25) is 10.0 Å². The van der Waals surface area contributed by atoms with E-state index in [0.29, 0.717) is 21.3 Å². The molecule has 0 spiro atoms. The number of imide groups is 1. The van der Waals surface area contributed by atoms with Crippen LogP contribution in [0.25, 0.3) is 0 Å². The number of benzene rings is 2. The second-order valence-corrected chi connectivity index (χ2v) is 8.26. The Kier molecular flexibility index (Phi) is 6.81. The van der Waals surface area contributed by atoms with Crippen LogP contribution in [-0.4, -0.2) is 34.0 Å². The lowest BCUT2D eigenvalue weighted by molar-refractivity contribution is -0.131. The second kappa shape index (κ2) is 9.34. The molecule has 2 aromatic rings. The van der Waals surface area contributed by atoms with Crippen LogP contribution in [0.1, 0.15) is 6.42 Å². The van der Waals surface area contributed by atoms with E-state index in [0.717, 1.165) is 17.1 Å². The lowest BCUT2D eigenvalue weighted by atomic mass is 10.3. The van der Waals surface area contributed by atoms with Crippen LogP contribution in [0.3, 0.4) is 0 Å². The van der Waals surface area contributed by atoms with Crippen LogP contribution < -0.4 is 10.2 Å². The lowest BCUT2D eigenvalue weighted by Crippen LogP contribution is -2.31. The molecule has 3 amide bonds.